The standard InChI is InChI=1S/C18H27Cl2N3O4/c1-10-13(19)14(20)15(21-10)16(24)22-12-6-7-23(8-11(12)9-26-5)17(25)27-18(2,3)4/h11-12,21H,6-9H2,1-5H3,(H,22,24)/t11-,12-/m0/s1. The second-order valence-electron chi connectivity index (χ2n) is 7.76. The van der Waals surface area contributed by atoms with Gasteiger partial charge in [0.15, 0.2) is 0 Å². The highest BCUT2D eigenvalue weighted by Crippen LogP contribution is 2.29. The fourth-order valence-corrected chi connectivity index (χ4v) is 3.48. The first-order valence-electron chi connectivity index (χ1n) is 8.84. The fourth-order valence-electron chi connectivity index (χ4n) is 3.07. The van der Waals surface area contributed by atoms with Crippen molar-refractivity contribution in [3.05, 3.63) is 21.4 Å². The molecule has 2 N–H and O–H groups in total. The molecule has 2 heterocycles. The van der Waals surface area contributed by atoms with E-state index in [1.54, 1.807) is 18.9 Å². The second-order valence-corrected chi connectivity index (χ2v) is 8.52. The number of nitrogens with zero attached hydrogens (tertiary/aromatic N) is 1. The van der Waals surface area contributed by atoms with Crippen LogP contribution in [0.3, 0.4) is 0 Å². The maximum Gasteiger partial charge on any atom is 0.410 e. The predicted octanol–water partition coefficient (Wildman–Crippen LogP) is 3.63. The van der Waals surface area contributed by atoms with Gasteiger partial charge >= 0.3 is 6.09 Å². The van der Waals surface area contributed by atoms with Gasteiger partial charge in [0.2, 0.25) is 0 Å². The largest absolute Gasteiger partial charge is 0.444 e. The SMILES string of the molecule is COC[C@@H]1CN(C(=O)OC(C)(C)C)CC[C@@H]1NC(=O)c1[nH]c(C)c(Cl)c1Cl. The molecule has 2 atom stereocenters. The Labute approximate surface area is 169 Å². The number of piperidine rings is 1. The van der Waals surface area contributed by atoms with Crippen LogP contribution in [-0.4, -0.2) is 60.3 Å². The fraction of sp³-hybridized carbons (Fsp3) is 0.667. The van der Waals surface area contributed by atoms with Crippen molar-refractivity contribution >= 4 is 35.2 Å². The molecule has 1 fully saturated rings. The summed E-state index contributed by atoms with van der Waals surface area (Å²) in [4.78, 5) is 29.5. The van der Waals surface area contributed by atoms with Crippen molar-refractivity contribution in [1.29, 1.82) is 0 Å². The van der Waals surface area contributed by atoms with Crippen LogP contribution in [0, 0.1) is 12.8 Å². The first-order valence-corrected chi connectivity index (χ1v) is 9.60. The zero-order valence-corrected chi connectivity index (χ0v) is 17.8. The minimum Gasteiger partial charge on any atom is -0.444 e. The summed E-state index contributed by atoms with van der Waals surface area (Å²) in [6.07, 6.45) is 0.229. The van der Waals surface area contributed by atoms with Gasteiger partial charge in [0, 0.05) is 37.9 Å². The number of nitrogens with one attached hydrogen (secondary N) is 2. The van der Waals surface area contributed by atoms with E-state index in [1.165, 1.54) is 0 Å². The van der Waals surface area contributed by atoms with Crippen LogP contribution in [0.1, 0.15) is 43.4 Å². The summed E-state index contributed by atoms with van der Waals surface area (Å²) in [6.45, 7) is 8.57. The van der Waals surface area contributed by atoms with Gasteiger partial charge in [-0.1, -0.05) is 23.2 Å². The molecule has 0 unspecified atom stereocenters. The topological polar surface area (TPSA) is 83.7 Å². The van der Waals surface area contributed by atoms with Crippen LogP contribution in [-0.2, 0) is 9.47 Å². The number of aryl methyl sites for hydroxylation is 1. The van der Waals surface area contributed by atoms with E-state index in [1.807, 2.05) is 20.8 Å². The van der Waals surface area contributed by atoms with E-state index in [2.05, 4.69) is 10.3 Å². The summed E-state index contributed by atoms with van der Waals surface area (Å²) < 4.78 is 10.7. The molecule has 0 radical (unpaired) electrons. The maximum absolute atomic E-state index is 12.6. The Bertz CT molecular complexity index is 700. The lowest BCUT2D eigenvalue weighted by Crippen LogP contribution is -2.54. The summed E-state index contributed by atoms with van der Waals surface area (Å²) in [5.74, 6) is -0.391. The average molecular weight is 420 g/mol. The number of likely N-dealkylation sites (tertiary alicyclic amines) is 1. The van der Waals surface area contributed by atoms with Crippen LogP contribution in [0.5, 0.6) is 0 Å². The molecule has 2 rings (SSSR count). The Morgan fingerprint density at radius 2 is 1.96 bits per heavy atom. The van der Waals surface area contributed by atoms with E-state index in [4.69, 9.17) is 32.7 Å². The van der Waals surface area contributed by atoms with Crippen molar-refractivity contribution in [2.45, 2.75) is 45.8 Å². The number of ether oxygens (including phenoxy) is 2. The Morgan fingerprint density at radius 1 is 1.30 bits per heavy atom. The van der Waals surface area contributed by atoms with Crippen molar-refractivity contribution in [2.24, 2.45) is 5.92 Å². The molecule has 0 aromatic carbocycles. The molecule has 152 valence electrons. The summed E-state index contributed by atoms with van der Waals surface area (Å²) in [5, 5.41) is 3.54. The Kier molecular flexibility index (Phi) is 7.05. The Morgan fingerprint density at radius 3 is 2.48 bits per heavy atom. The predicted molar refractivity (Wildman–Crippen MR) is 105 cm³/mol. The number of methoxy groups -OCH3 is 1. The Balaban J connectivity index is 2.06. The highest BCUT2D eigenvalue weighted by Gasteiger charge is 2.35. The summed E-state index contributed by atoms with van der Waals surface area (Å²) in [7, 11) is 1.59. The van der Waals surface area contributed by atoms with Gasteiger partial charge in [0.05, 0.1) is 16.7 Å². The molecule has 1 aliphatic rings. The number of halogens is 2. The summed E-state index contributed by atoms with van der Waals surface area (Å²) in [6, 6.07) is -0.158. The third-order valence-electron chi connectivity index (χ3n) is 4.36. The molecular weight excluding hydrogens is 393 g/mol. The van der Waals surface area contributed by atoms with Gasteiger partial charge in [-0.05, 0) is 34.1 Å². The zero-order valence-electron chi connectivity index (χ0n) is 16.3. The number of carbonyl (C=O) groups excluding carboxylic acids is 2. The number of amides is 2. The summed E-state index contributed by atoms with van der Waals surface area (Å²) >= 11 is 12.2. The molecule has 1 aliphatic heterocycles. The van der Waals surface area contributed by atoms with E-state index in [0.29, 0.717) is 36.8 Å². The lowest BCUT2D eigenvalue weighted by molar-refractivity contribution is 0.00567. The molecule has 1 aromatic rings. The van der Waals surface area contributed by atoms with Crippen LogP contribution < -0.4 is 5.32 Å². The number of H-pyrrole nitrogens is 1. The van der Waals surface area contributed by atoms with Gasteiger partial charge in [-0.3, -0.25) is 4.79 Å². The molecule has 9 heteroatoms. The van der Waals surface area contributed by atoms with Crippen LogP contribution in [0.4, 0.5) is 4.79 Å². The number of aromatic nitrogens is 1. The van der Waals surface area contributed by atoms with Crippen LogP contribution in [0.2, 0.25) is 10.0 Å². The normalized spacial score (nSPS) is 20.5. The second kappa shape index (κ2) is 8.71. The molecule has 0 spiro atoms. The number of aromatic amines is 1. The monoisotopic (exact) mass is 419 g/mol. The lowest BCUT2D eigenvalue weighted by atomic mass is 9.92. The molecule has 0 aliphatic carbocycles. The van der Waals surface area contributed by atoms with Crippen LogP contribution >= 0.6 is 23.2 Å². The minimum atomic E-state index is -0.555. The third-order valence-corrected chi connectivity index (χ3v) is 5.31. The molecule has 0 bridgehead atoms. The van der Waals surface area contributed by atoms with Crippen molar-refractivity contribution in [3.63, 3.8) is 0 Å². The first-order chi connectivity index (χ1) is 12.5. The van der Waals surface area contributed by atoms with E-state index in [0.717, 1.165) is 0 Å². The van der Waals surface area contributed by atoms with E-state index < -0.39 is 5.60 Å². The van der Waals surface area contributed by atoms with Gasteiger partial charge in [-0.2, -0.15) is 0 Å². The van der Waals surface area contributed by atoms with E-state index in [-0.39, 0.29) is 34.7 Å². The highest BCUT2D eigenvalue weighted by atomic mass is 35.5. The molecule has 0 saturated carbocycles. The average Bonchev–Trinajstić information content (AvgIpc) is 2.82. The highest BCUT2D eigenvalue weighted by molar-refractivity contribution is 6.44. The van der Waals surface area contributed by atoms with Gasteiger partial charge in [0.1, 0.15) is 11.3 Å². The number of rotatable bonds is 4. The van der Waals surface area contributed by atoms with Crippen LogP contribution in [0.15, 0.2) is 0 Å². The number of hydrogen-bond donors (Lipinski definition) is 2. The first kappa shape index (κ1) is 21.9. The number of carbonyl (C=O) groups is 2. The van der Waals surface area contributed by atoms with Gasteiger partial charge < -0.3 is 24.7 Å². The molecule has 2 amide bonds. The van der Waals surface area contributed by atoms with Gasteiger partial charge in [-0.15, -0.1) is 0 Å². The van der Waals surface area contributed by atoms with Crippen molar-refractivity contribution < 1.29 is 19.1 Å². The molecule has 1 saturated heterocycles. The zero-order chi connectivity index (χ0) is 20.4. The molecule has 27 heavy (non-hydrogen) atoms. The van der Waals surface area contributed by atoms with Gasteiger partial charge in [-0.25, -0.2) is 4.79 Å². The third kappa shape index (κ3) is 5.53. The van der Waals surface area contributed by atoms with Gasteiger partial charge in [0.25, 0.3) is 5.91 Å². The van der Waals surface area contributed by atoms with Crippen molar-refractivity contribution in [2.75, 3.05) is 26.8 Å². The van der Waals surface area contributed by atoms with E-state index in [9.17, 15) is 9.59 Å². The number of hydrogen-bond acceptors (Lipinski definition) is 4. The minimum absolute atomic E-state index is 0.0643. The Hall–Kier alpha value is -1.44. The van der Waals surface area contributed by atoms with Crippen molar-refractivity contribution in [1.82, 2.24) is 15.2 Å². The molecule has 7 nitrogen and oxygen atoms in total. The molecule has 1 aromatic heterocycles. The molecular formula is C18H27Cl2N3O4. The lowest BCUT2D eigenvalue weighted by Gasteiger charge is -2.39. The van der Waals surface area contributed by atoms with E-state index >= 15 is 0 Å². The quantitative estimate of drug-likeness (QED) is 0.779. The summed E-state index contributed by atoms with van der Waals surface area (Å²) in [5.41, 5.74) is 0.324. The van der Waals surface area contributed by atoms with Crippen molar-refractivity contribution in [3.8, 4) is 0 Å². The maximum atomic E-state index is 12.6. The smallest absolute Gasteiger partial charge is 0.410 e. The van der Waals surface area contributed by atoms with Crippen LogP contribution in [0.25, 0.3) is 0 Å².